The minimum absolute atomic E-state index is 0.782. The van der Waals surface area contributed by atoms with E-state index < -0.39 is 0 Å². The molecule has 0 amide bonds. The molecule has 0 spiro atoms. The summed E-state index contributed by atoms with van der Waals surface area (Å²) in [5, 5.41) is 7.47. The van der Waals surface area contributed by atoms with Crippen molar-refractivity contribution in [2.75, 3.05) is 10.8 Å². The van der Waals surface area contributed by atoms with Gasteiger partial charge in [0, 0.05) is 12.0 Å². The zero-order chi connectivity index (χ0) is 5.54. The fourth-order valence-corrected chi connectivity index (χ4v) is 1.04. The molecule has 0 aliphatic heterocycles. The van der Waals surface area contributed by atoms with Crippen LogP contribution in [0.1, 0.15) is 0 Å². The molecule has 0 aromatic carbocycles. The Bertz CT molecular complexity index is 84.2. The van der Waals surface area contributed by atoms with Crippen LogP contribution in [0.25, 0.3) is 0 Å². The van der Waals surface area contributed by atoms with Crippen molar-refractivity contribution in [3.63, 3.8) is 0 Å². The van der Waals surface area contributed by atoms with Crippen molar-refractivity contribution < 1.29 is 0 Å². The SMILES string of the molecule is C#SCSCC=N. The molecule has 0 saturated heterocycles. The Morgan fingerprint density at radius 1 is 1.71 bits per heavy atom. The minimum atomic E-state index is 0.782. The molecule has 1 nitrogen and oxygen atoms in total. The van der Waals surface area contributed by atoms with E-state index in [2.05, 4.69) is 0 Å². The smallest absolute Gasteiger partial charge is 0.0636 e. The summed E-state index contributed by atoms with van der Waals surface area (Å²) < 4.78 is 0. The molecular weight excluding hydrogens is 126 g/mol. The highest BCUT2D eigenvalue weighted by atomic mass is 32.2. The third kappa shape index (κ3) is 6.02. The number of hydrogen-bond acceptors (Lipinski definition) is 2. The zero-order valence-electron chi connectivity index (χ0n) is 3.89. The predicted octanol–water partition coefficient (Wildman–Crippen LogP) is 1.65. The third-order valence-corrected chi connectivity index (χ3v) is 1.97. The first-order valence-corrected chi connectivity index (χ1v) is 4.00. The molecule has 0 bridgehead atoms. The molecule has 0 aromatic rings. The predicted molar refractivity (Wildman–Crippen MR) is 38.6 cm³/mol. The quantitative estimate of drug-likeness (QED) is 0.353. The van der Waals surface area contributed by atoms with Crippen LogP contribution in [0.4, 0.5) is 0 Å². The van der Waals surface area contributed by atoms with E-state index in [4.69, 9.17) is 11.1 Å². The molecule has 7 heavy (non-hydrogen) atoms. The van der Waals surface area contributed by atoms with Crippen molar-refractivity contribution in [2.24, 2.45) is 0 Å². The van der Waals surface area contributed by atoms with Crippen LogP contribution in [0.2, 0.25) is 0 Å². The van der Waals surface area contributed by atoms with E-state index in [0.717, 1.165) is 10.8 Å². The summed E-state index contributed by atoms with van der Waals surface area (Å²) in [4.78, 5) is 0. The average molecular weight is 133 g/mol. The lowest BCUT2D eigenvalue weighted by molar-refractivity contribution is 1.55. The Balaban J connectivity index is 2.72. The summed E-state index contributed by atoms with van der Waals surface area (Å²) in [5.41, 5.74) is 5.09. The van der Waals surface area contributed by atoms with Crippen LogP contribution in [-0.4, -0.2) is 17.1 Å². The summed E-state index contributed by atoms with van der Waals surface area (Å²) in [5.74, 6) is 0.782. The maximum absolute atomic E-state index is 6.59. The highest BCUT2D eigenvalue weighted by Crippen LogP contribution is 1.99. The van der Waals surface area contributed by atoms with E-state index in [9.17, 15) is 0 Å². The van der Waals surface area contributed by atoms with E-state index >= 15 is 0 Å². The van der Waals surface area contributed by atoms with Gasteiger partial charge in [0.2, 0.25) is 0 Å². The van der Waals surface area contributed by atoms with Crippen molar-refractivity contribution in [3.8, 4) is 5.69 Å². The first kappa shape index (κ1) is 7.02. The van der Waals surface area contributed by atoms with Gasteiger partial charge >= 0.3 is 0 Å². The lowest BCUT2D eigenvalue weighted by Crippen LogP contribution is -1.74. The second-order valence-electron chi connectivity index (χ2n) is 0.859. The Morgan fingerprint density at radius 2 is 2.43 bits per heavy atom. The monoisotopic (exact) mass is 133 g/mol. The number of nitrogens with one attached hydrogen (secondary N) is 1. The van der Waals surface area contributed by atoms with E-state index in [1.54, 1.807) is 11.8 Å². The van der Waals surface area contributed by atoms with Gasteiger partial charge < -0.3 is 5.41 Å². The average Bonchev–Trinajstić information content (AvgIpc) is 1.69. The zero-order valence-corrected chi connectivity index (χ0v) is 5.52. The van der Waals surface area contributed by atoms with E-state index in [1.165, 1.54) is 17.4 Å². The highest BCUT2D eigenvalue weighted by Gasteiger charge is 1.74. The minimum Gasteiger partial charge on any atom is -0.312 e. The molecule has 0 aromatic heterocycles. The van der Waals surface area contributed by atoms with Crippen LogP contribution in [-0.2, 0) is 0 Å². The van der Waals surface area contributed by atoms with Gasteiger partial charge in [-0.1, -0.05) is 0 Å². The number of rotatable bonds is 3. The van der Waals surface area contributed by atoms with Crippen LogP contribution in [0, 0.1) is 11.1 Å². The van der Waals surface area contributed by atoms with E-state index in [1.807, 2.05) is 0 Å². The van der Waals surface area contributed by atoms with Crippen LogP contribution < -0.4 is 0 Å². The largest absolute Gasteiger partial charge is 0.312 e. The van der Waals surface area contributed by atoms with Crippen LogP contribution >= 0.6 is 22.9 Å². The summed E-state index contributed by atoms with van der Waals surface area (Å²) in [6.07, 6.45) is 1.38. The Morgan fingerprint density at radius 3 is 2.86 bits per heavy atom. The first-order valence-electron chi connectivity index (χ1n) is 1.80. The topological polar surface area (TPSA) is 23.9 Å². The maximum atomic E-state index is 6.59. The van der Waals surface area contributed by atoms with E-state index in [-0.39, 0.29) is 0 Å². The van der Waals surface area contributed by atoms with Gasteiger partial charge in [0.15, 0.2) is 0 Å². The maximum Gasteiger partial charge on any atom is 0.0636 e. The van der Waals surface area contributed by atoms with Crippen LogP contribution in [0.5, 0.6) is 0 Å². The van der Waals surface area contributed by atoms with Gasteiger partial charge in [0.25, 0.3) is 0 Å². The lowest BCUT2D eigenvalue weighted by atomic mass is 10.9. The lowest BCUT2D eigenvalue weighted by Gasteiger charge is -1.82. The summed E-state index contributed by atoms with van der Waals surface area (Å²) in [6.45, 7) is 0. The molecule has 0 saturated carbocycles. The van der Waals surface area contributed by atoms with Crippen molar-refractivity contribution in [2.45, 2.75) is 0 Å². The van der Waals surface area contributed by atoms with Crippen molar-refractivity contribution in [3.05, 3.63) is 0 Å². The normalized spacial score (nSPS) is 7.86. The van der Waals surface area contributed by atoms with Gasteiger partial charge in [0.1, 0.15) is 0 Å². The molecule has 0 radical (unpaired) electrons. The Kier molecular flexibility index (Phi) is 6.04. The van der Waals surface area contributed by atoms with Gasteiger partial charge in [-0.05, 0) is 0 Å². The molecule has 3 heteroatoms. The molecule has 1 N–H and O–H groups in total. The van der Waals surface area contributed by atoms with Crippen LogP contribution in [0.15, 0.2) is 0 Å². The molecular formula is C4H7NS2. The highest BCUT2D eigenvalue weighted by molar-refractivity contribution is 8.11. The second-order valence-corrected chi connectivity index (χ2v) is 2.88. The molecule has 0 aliphatic rings. The van der Waals surface area contributed by atoms with Gasteiger partial charge in [0.05, 0.1) is 5.08 Å². The molecule has 0 fully saturated rings. The molecule has 0 heterocycles. The Hall–Kier alpha value is 0.0200. The van der Waals surface area contributed by atoms with Gasteiger partial charge in [-0.25, -0.2) is 0 Å². The molecule has 0 aliphatic carbocycles. The van der Waals surface area contributed by atoms with Crippen molar-refractivity contribution in [1.82, 2.24) is 0 Å². The summed E-state index contributed by atoms with van der Waals surface area (Å²) >= 11 is 2.95. The second kappa shape index (κ2) is 6.02. The van der Waals surface area contributed by atoms with E-state index in [0.29, 0.717) is 0 Å². The van der Waals surface area contributed by atoms with Gasteiger partial charge in [-0.3, -0.25) is 0 Å². The fourth-order valence-electron chi connectivity index (χ4n) is 0.155. The summed E-state index contributed by atoms with van der Waals surface area (Å²) in [7, 11) is 0. The molecule has 0 atom stereocenters. The fraction of sp³-hybridized carbons (Fsp3) is 0.500. The molecule has 40 valence electrons. The number of thioether (sulfide) groups is 1. The molecule has 0 rings (SSSR count). The van der Waals surface area contributed by atoms with Crippen LogP contribution in [0.3, 0.4) is 0 Å². The third-order valence-electron chi connectivity index (χ3n) is 0.353. The molecule has 0 unspecified atom stereocenters. The Labute approximate surface area is 51.6 Å². The van der Waals surface area contributed by atoms with Crippen molar-refractivity contribution >= 4 is 29.1 Å². The van der Waals surface area contributed by atoms with Crippen molar-refractivity contribution in [1.29, 1.82) is 5.41 Å². The standard InChI is InChI=1S/C4H7NS2/c1-6-4-7-3-2-5/h1-2,5H,3-4H2. The number of hydrogen-bond donors (Lipinski definition) is 1. The first-order chi connectivity index (χ1) is 3.41. The van der Waals surface area contributed by atoms with Gasteiger partial charge in [-0.2, -0.15) is 0 Å². The van der Waals surface area contributed by atoms with Gasteiger partial charge in [-0.15, -0.1) is 28.6 Å². The summed E-state index contributed by atoms with van der Waals surface area (Å²) in [6, 6.07) is 0.